The van der Waals surface area contributed by atoms with E-state index in [0.717, 1.165) is 5.76 Å². The largest absolute Gasteiger partial charge is 0.407 e. The third-order valence-electron chi connectivity index (χ3n) is 1.92. The molecule has 1 aliphatic heterocycles. The van der Waals surface area contributed by atoms with Gasteiger partial charge in [0.1, 0.15) is 7.05 Å². The van der Waals surface area contributed by atoms with Gasteiger partial charge in [0.25, 0.3) is 0 Å². The van der Waals surface area contributed by atoms with Crippen LogP contribution in [0.25, 0.3) is 0 Å². The fraction of sp³-hybridized carbons (Fsp3) is 0.571. The maximum atomic E-state index is 5.52. The van der Waals surface area contributed by atoms with Gasteiger partial charge in [0.15, 0.2) is 5.76 Å². The standard InChI is InChI=1S/C7H11ClNO/c1-7(2)6(4-8)10-5-9(7)3/h4-5H,1-3H3/q+1/b6-4-. The first-order chi connectivity index (χ1) is 4.59. The summed E-state index contributed by atoms with van der Waals surface area (Å²) in [5, 5.41) is 0. The molecule has 0 spiro atoms. The van der Waals surface area contributed by atoms with Crippen molar-refractivity contribution >= 4 is 18.0 Å². The highest BCUT2D eigenvalue weighted by atomic mass is 35.5. The van der Waals surface area contributed by atoms with Crippen LogP contribution in [0.2, 0.25) is 0 Å². The molecule has 0 atom stereocenters. The van der Waals surface area contributed by atoms with Crippen molar-refractivity contribution in [2.75, 3.05) is 7.05 Å². The Labute approximate surface area is 65.8 Å². The summed E-state index contributed by atoms with van der Waals surface area (Å²) in [6, 6.07) is 0. The van der Waals surface area contributed by atoms with Crippen molar-refractivity contribution in [3.63, 3.8) is 0 Å². The molecule has 0 aromatic carbocycles. The quantitative estimate of drug-likeness (QED) is 0.490. The van der Waals surface area contributed by atoms with Gasteiger partial charge in [-0.3, -0.25) is 0 Å². The number of hydrogen-bond acceptors (Lipinski definition) is 1. The summed E-state index contributed by atoms with van der Waals surface area (Å²) in [6.45, 7) is 4.09. The van der Waals surface area contributed by atoms with Crippen molar-refractivity contribution in [3.05, 3.63) is 11.3 Å². The van der Waals surface area contributed by atoms with Gasteiger partial charge in [-0.25, -0.2) is 0 Å². The summed E-state index contributed by atoms with van der Waals surface area (Å²) < 4.78 is 7.13. The smallest absolute Gasteiger partial charge is 0.329 e. The Balaban J connectivity index is 2.95. The van der Waals surface area contributed by atoms with Gasteiger partial charge in [-0.05, 0) is 0 Å². The molecule has 0 aromatic heterocycles. The minimum absolute atomic E-state index is 0.0955. The zero-order chi connectivity index (χ0) is 7.78. The second-order valence-electron chi connectivity index (χ2n) is 2.87. The highest BCUT2D eigenvalue weighted by molar-refractivity contribution is 6.25. The lowest BCUT2D eigenvalue weighted by Crippen LogP contribution is -2.30. The van der Waals surface area contributed by atoms with E-state index in [9.17, 15) is 0 Å². The summed E-state index contributed by atoms with van der Waals surface area (Å²) in [5.74, 6) is 0.789. The number of halogens is 1. The molecule has 56 valence electrons. The fourth-order valence-electron chi connectivity index (χ4n) is 0.745. The molecule has 0 fully saturated rings. The molecule has 3 heteroatoms. The van der Waals surface area contributed by atoms with Crippen molar-refractivity contribution in [2.24, 2.45) is 0 Å². The number of ether oxygens (including phenoxy) is 1. The second kappa shape index (κ2) is 2.27. The summed E-state index contributed by atoms with van der Waals surface area (Å²) >= 11 is 5.52. The van der Waals surface area contributed by atoms with Crippen LogP contribution in [0.5, 0.6) is 0 Å². The Morgan fingerprint density at radius 2 is 2.30 bits per heavy atom. The van der Waals surface area contributed by atoms with E-state index in [1.165, 1.54) is 5.54 Å². The molecule has 0 unspecified atom stereocenters. The molecule has 1 rings (SSSR count). The van der Waals surface area contributed by atoms with Crippen LogP contribution in [0.3, 0.4) is 0 Å². The minimum atomic E-state index is -0.0955. The van der Waals surface area contributed by atoms with Crippen molar-refractivity contribution in [2.45, 2.75) is 19.4 Å². The average molecular weight is 161 g/mol. The van der Waals surface area contributed by atoms with Crippen molar-refractivity contribution in [1.82, 2.24) is 0 Å². The first kappa shape index (κ1) is 7.61. The van der Waals surface area contributed by atoms with Crippen molar-refractivity contribution in [1.29, 1.82) is 0 Å². The Hall–Kier alpha value is -0.500. The van der Waals surface area contributed by atoms with Crippen LogP contribution in [-0.4, -0.2) is 23.6 Å². The van der Waals surface area contributed by atoms with E-state index >= 15 is 0 Å². The van der Waals surface area contributed by atoms with E-state index in [4.69, 9.17) is 16.3 Å². The lowest BCUT2D eigenvalue weighted by Gasteiger charge is -2.11. The lowest BCUT2D eigenvalue weighted by atomic mass is 10.0. The van der Waals surface area contributed by atoms with Gasteiger partial charge in [-0.15, -0.1) is 0 Å². The predicted molar refractivity (Wildman–Crippen MR) is 41.3 cm³/mol. The Morgan fingerprint density at radius 3 is 2.50 bits per heavy atom. The molecule has 0 aromatic rings. The van der Waals surface area contributed by atoms with Crippen LogP contribution in [0.4, 0.5) is 0 Å². The van der Waals surface area contributed by atoms with Gasteiger partial charge in [0.2, 0.25) is 5.54 Å². The topological polar surface area (TPSA) is 12.2 Å². The van der Waals surface area contributed by atoms with Crippen molar-refractivity contribution < 1.29 is 9.31 Å². The monoisotopic (exact) mass is 160 g/mol. The van der Waals surface area contributed by atoms with Gasteiger partial charge in [-0.1, -0.05) is 11.6 Å². The van der Waals surface area contributed by atoms with E-state index < -0.39 is 0 Å². The zero-order valence-electron chi connectivity index (χ0n) is 6.39. The number of likely N-dealkylation sites (N-methyl/N-ethyl adjacent to an activating group) is 1. The molecule has 0 saturated carbocycles. The van der Waals surface area contributed by atoms with Crippen LogP contribution in [-0.2, 0) is 4.74 Å². The maximum Gasteiger partial charge on any atom is 0.329 e. The highest BCUT2D eigenvalue weighted by Crippen LogP contribution is 2.24. The SMILES string of the molecule is C[N+]1=CO/C(=C\Cl)C1(C)C. The molecule has 1 aliphatic rings. The molecule has 10 heavy (non-hydrogen) atoms. The molecule has 2 nitrogen and oxygen atoms in total. The number of rotatable bonds is 0. The zero-order valence-corrected chi connectivity index (χ0v) is 7.14. The van der Waals surface area contributed by atoms with Gasteiger partial charge in [0, 0.05) is 13.8 Å². The van der Waals surface area contributed by atoms with Gasteiger partial charge < -0.3 is 4.74 Å². The van der Waals surface area contributed by atoms with E-state index in [1.54, 1.807) is 6.40 Å². The first-order valence-electron chi connectivity index (χ1n) is 3.13. The Morgan fingerprint density at radius 1 is 1.70 bits per heavy atom. The predicted octanol–water partition coefficient (Wildman–Crippen LogP) is 1.55. The lowest BCUT2D eigenvalue weighted by molar-refractivity contribution is -0.552. The minimum Gasteiger partial charge on any atom is -0.407 e. The normalized spacial score (nSPS) is 26.4. The van der Waals surface area contributed by atoms with E-state index in [1.807, 2.05) is 25.5 Å². The maximum absolute atomic E-state index is 5.52. The van der Waals surface area contributed by atoms with Gasteiger partial charge in [0.05, 0.1) is 5.54 Å². The van der Waals surface area contributed by atoms with Crippen molar-refractivity contribution in [3.8, 4) is 0 Å². The molecule has 0 bridgehead atoms. The number of nitrogens with zero attached hydrogens (tertiary/aromatic N) is 1. The second-order valence-corrected chi connectivity index (χ2v) is 3.08. The first-order valence-corrected chi connectivity index (χ1v) is 3.56. The highest BCUT2D eigenvalue weighted by Gasteiger charge is 2.39. The molecule has 0 saturated heterocycles. The van der Waals surface area contributed by atoms with Crippen LogP contribution in [0, 0.1) is 0 Å². The van der Waals surface area contributed by atoms with E-state index in [2.05, 4.69) is 0 Å². The van der Waals surface area contributed by atoms with Gasteiger partial charge in [-0.2, -0.15) is 4.58 Å². The summed E-state index contributed by atoms with van der Waals surface area (Å²) in [5.41, 5.74) is 1.38. The van der Waals surface area contributed by atoms with Gasteiger partial charge >= 0.3 is 6.40 Å². The third kappa shape index (κ3) is 0.926. The molecule has 0 N–H and O–H groups in total. The van der Waals surface area contributed by atoms with Crippen LogP contribution < -0.4 is 0 Å². The Bertz CT molecular complexity index is 206. The molecule has 0 radical (unpaired) electrons. The Kier molecular flexibility index (Phi) is 1.73. The molecule has 0 amide bonds. The van der Waals surface area contributed by atoms with E-state index in [0.29, 0.717) is 0 Å². The third-order valence-corrected chi connectivity index (χ3v) is 2.12. The van der Waals surface area contributed by atoms with E-state index in [-0.39, 0.29) is 5.54 Å². The molecular weight excluding hydrogens is 150 g/mol. The summed E-state index contributed by atoms with van der Waals surface area (Å²) in [6.07, 6.45) is 1.66. The molecule has 0 aliphatic carbocycles. The summed E-state index contributed by atoms with van der Waals surface area (Å²) in [7, 11) is 1.95. The van der Waals surface area contributed by atoms with Crippen LogP contribution in [0.1, 0.15) is 13.8 Å². The fourth-order valence-corrected chi connectivity index (χ4v) is 1.06. The summed E-state index contributed by atoms with van der Waals surface area (Å²) in [4.78, 5) is 0. The molecule has 1 heterocycles. The molecular formula is C7H11ClNO+. The van der Waals surface area contributed by atoms with Crippen LogP contribution in [0.15, 0.2) is 11.3 Å². The van der Waals surface area contributed by atoms with Crippen LogP contribution >= 0.6 is 11.6 Å². The number of hydrogen-bond donors (Lipinski definition) is 0. The average Bonchev–Trinajstić information content (AvgIpc) is 2.10.